The Morgan fingerprint density at radius 1 is 1.47 bits per heavy atom. The molecule has 0 amide bonds. The molecular formula is C11H16BNO2. The van der Waals surface area contributed by atoms with Gasteiger partial charge in [-0.15, -0.1) is 0 Å². The van der Waals surface area contributed by atoms with E-state index in [1.807, 2.05) is 19.2 Å². The van der Waals surface area contributed by atoms with Crippen LogP contribution in [0.15, 0.2) is 18.2 Å². The van der Waals surface area contributed by atoms with Crippen molar-refractivity contribution in [1.82, 2.24) is 5.32 Å². The highest BCUT2D eigenvalue weighted by atomic mass is 16.5. The summed E-state index contributed by atoms with van der Waals surface area (Å²) in [5.41, 5.74) is 3.06. The summed E-state index contributed by atoms with van der Waals surface area (Å²) in [6.45, 7) is 4.73. The summed E-state index contributed by atoms with van der Waals surface area (Å²) in [6.07, 6.45) is 0. The molecule has 0 aliphatic carbocycles. The summed E-state index contributed by atoms with van der Waals surface area (Å²) >= 11 is 0. The maximum absolute atomic E-state index is 9.60. The summed E-state index contributed by atoms with van der Waals surface area (Å²) < 4.78 is 5.16. The summed E-state index contributed by atoms with van der Waals surface area (Å²) in [5.74, 6) is 0. The molecular weight excluding hydrogens is 189 g/mol. The average molecular weight is 205 g/mol. The molecule has 0 spiro atoms. The molecule has 1 heterocycles. The third-order valence-corrected chi connectivity index (χ3v) is 3.16. The maximum atomic E-state index is 9.60. The van der Waals surface area contributed by atoms with E-state index >= 15 is 0 Å². The van der Waals surface area contributed by atoms with Crippen LogP contribution in [0.5, 0.6) is 0 Å². The van der Waals surface area contributed by atoms with E-state index < -0.39 is 7.12 Å². The van der Waals surface area contributed by atoms with Crippen LogP contribution in [-0.2, 0) is 16.8 Å². The summed E-state index contributed by atoms with van der Waals surface area (Å²) in [5, 5.41) is 12.8. The van der Waals surface area contributed by atoms with Crippen LogP contribution in [0.1, 0.15) is 25.0 Å². The number of fused-ring (bicyclic) bond motifs is 1. The van der Waals surface area contributed by atoms with E-state index in [-0.39, 0.29) is 5.54 Å². The summed E-state index contributed by atoms with van der Waals surface area (Å²) in [4.78, 5) is 0. The van der Waals surface area contributed by atoms with E-state index in [0.717, 1.165) is 16.6 Å². The van der Waals surface area contributed by atoms with Gasteiger partial charge >= 0.3 is 7.12 Å². The number of hydrogen-bond donors (Lipinski definition) is 2. The molecule has 3 nitrogen and oxygen atoms in total. The number of nitrogens with one attached hydrogen (secondary N) is 1. The van der Waals surface area contributed by atoms with Crippen molar-refractivity contribution in [2.45, 2.75) is 26.0 Å². The van der Waals surface area contributed by atoms with Gasteiger partial charge in [-0.1, -0.05) is 18.2 Å². The Kier molecular flexibility index (Phi) is 2.58. The van der Waals surface area contributed by atoms with Crippen molar-refractivity contribution < 1.29 is 9.68 Å². The van der Waals surface area contributed by atoms with E-state index in [2.05, 4.69) is 25.2 Å². The standard InChI is InChI=1S/C11H16BNO2/c1-11(2,13-3)9-5-4-8-7-15-12(14)10(8)6-9/h4-6,13-14H,7H2,1-3H3. The Bertz CT molecular complexity index is 379. The molecule has 1 aromatic carbocycles. The van der Waals surface area contributed by atoms with Crippen LogP contribution in [0.2, 0.25) is 0 Å². The largest absolute Gasteiger partial charge is 0.491 e. The average Bonchev–Trinajstić information content (AvgIpc) is 2.60. The van der Waals surface area contributed by atoms with Crippen molar-refractivity contribution in [2.75, 3.05) is 7.05 Å². The summed E-state index contributed by atoms with van der Waals surface area (Å²) in [6, 6.07) is 6.13. The highest BCUT2D eigenvalue weighted by Gasteiger charge is 2.29. The van der Waals surface area contributed by atoms with Crippen LogP contribution in [-0.4, -0.2) is 19.2 Å². The predicted octanol–water partition coefficient (Wildman–Crippen LogP) is 0.359. The second kappa shape index (κ2) is 3.63. The molecule has 1 aliphatic heterocycles. The molecule has 0 aromatic heterocycles. The maximum Gasteiger partial charge on any atom is 0.491 e. The fourth-order valence-electron chi connectivity index (χ4n) is 1.75. The minimum absolute atomic E-state index is 0.0860. The van der Waals surface area contributed by atoms with E-state index in [1.165, 1.54) is 0 Å². The molecule has 0 fully saturated rings. The van der Waals surface area contributed by atoms with Crippen molar-refractivity contribution in [2.24, 2.45) is 0 Å². The Balaban J connectivity index is 2.41. The molecule has 1 aliphatic rings. The lowest BCUT2D eigenvalue weighted by Crippen LogP contribution is -2.36. The van der Waals surface area contributed by atoms with Gasteiger partial charge in [0, 0.05) is 5.54 Å². The SMILES string of the molecule is CNC(C)(C)c1ccc2c(c1)B(O)OC2. The molecule has 1 aromatic rings. The van der Waals surface area contributed by atoms with Gasteiger partial charge in [0.05, 0.1) is 6.61 Å². The molecule has 0 saturated heterocycles. The first kappa shape index (κ1) is 10.7. The Hall–Kier alpha value is -0.835. The quantitative estimate of drug-likeness (QED) is 0.685. The lowest BCUT2D eigenvalue weighted by atomic mass is 9.77. The van der Waals surface area contributed by atoms with E-state index in [1.54, 1.807) is 0 Å². The predicted molar refractivity (Wildman–Crippen MR) is 60.9 cm³/mol. The smallest absolute Gasteiger partial charge is 0.423 e. The van der Waals surface area contributed by atoms with Crippen LogP contribution in [0.3, 0.4) is 0 Å². The van der Waals surface area contributed by atoms with Crippen molar-refractivity contribution in [3.63, 3.8) is 0 Å². The summed E-state index contributed by atoms with van der Waals surface area (Å²) in [7, 11) is 1.17. The molecule has 0 bridgehead atoms. The molecule has 2 rings (SSSR count). The first-order chi connectivity index (χ1) is 7.04. The zero-order valence-corrected chi connectivity index (χ0v) is 9.37. The van der Waals surface area contributed by atoms with Crippen LogP contribution >= 0.6 is 0 Å². The van der Waals surface area contributed by atoms with Gasteiger partial charge in [-0.2, -0.15) is 0 Å². The molecule has 0 saturated carbocycles. The van der Waals surface area contributed by atoms with E-state index in [9.17, 15) is 5.02 Å². The Labute approximate surface area is 90.6 Å². The fraction of sp³-hybridized carbons (Fsp3) is 0.455. The number of rotatable bonds is 2. The lowest BCUT2D eigenvalue weighted by Gasteiger charge is -2.25. The Morgan fingerprint density at radius 2 is 2.20 bits per heavy atom. The molecule has 15 heavy (non-hydrogen) atoms. The molecule has 0 atom stereocenters. The molecule has 0 unspecified atom stereocenters. The number of benzene rings is 1. The van der Waals surface area contributed by atoms with E-state index in [0.29, 0.717) is 6.61 Å². The third kappa shape index (κ3) is 1.80. The van der Waals surface area contributed by atoms with Gasteiger partial charge in [-0.05, 0) is 37.5 Å². The topological polar surface area (TPSA) is 41.5 Å². The minimum Gasteiger partial charge on any atom is -0.423 e. The van der Waals surface area contributed by atoms with Crippen LogP contribution in [0.4, 0.5) is 0 Å². The first-order valence-electron chi connectivity index (χ1n) is 5.16. The van der Waals surface area contributed by atoms with Crippen LogP contribution < -0.4 is 10.8 Å². The van der Waals surface area contributed by atoms with Crippen molar-refractivity contribution in [3.05, 3.63) is 29.3 Å². The third-order valence-electron chi connectivity index (χ3n) is 3.16. The second-order valence-electron chi connectivity index (χ2n) is 4.45. The molecule has 80 valence electrons. The minimum atomic E-state index is -0.757. The van der Waals surface area contributed by atoms with Gasteiger partial charge in [0.25, 0.3) is 0 Å². The van der Waals surface area contributed by atoms with Gasteiger partial charge in [0.1, 0.15) is 0 Å². The van der Waals surface area contributed by atoms with Gasteiger partial charge in [-0.3, -0.25) is 0 Å². The van der Waals surface area contributed by atoms with Gasteiger partial charge in [0.15, 0.2) is 0 Å². The molecule has 4 heteroatoms. The zero-order chi connectivity index (χ0) is 11.1. The van der Waals surface area contributed by atoms with E-state index in [4.69, 9.17) is 4.65 Å². The molecule has 0 radical (unpaired) electrons. The van der Waals surface area contributed by atoms with Crippen molar-refractivity contribution in [1.29, 1.82) is 0 Å². The van der Waals surface area contributed by atoms with Gasteiger partial charge in [0.2, 0.25) is 0 Å². The van der Waals surface area contributed by atoms with Crippen LogP contribution in [0, 0.1) is 0 Å². The first-order valence-corrected chi connectivity index (χ1v) is 5.16. The van der Waals surface area contributed by atoms with Gasteiger partial charge < -0.3 is 15.0 Å². The highest BCUT2D eigenvalue weighted by molar-refractivity contribution is 6.61. The zero-order valence-electron chi connectivity index (χ0n) is 9.37. The van der Waals surface area contributed by atoms with Crippen molar-refractivity contribution >= 4 is 12.6 Å². The lowest BCUT2D eigenvalue weighted by molar-refractivity contribution is 0.275. The fourth-order valence-corrected chi connectivity index (χ4v) is 1.75. The number of hydrogen-bond acceptors (Lipinski definition) is 3. The second-order valence-corrected chi connectivity index (χ2v) is 4.45. The normalized spacial score (nSPS) is 15.6. The van der Waals surface area contributed by atoms with Gasteiger partial charge in [-0.25, -0.2) is 0 Å². The highest BCUT2D eigenvalue weighted by Crippen LogP contribution is 2.21. The van der Waals surface area contributed by atoms with Crippen molar-refractivity contribution in [3.8, 4) is 0 Å². The molecule has 2 N–H and O–H groups in total. The van der Waals surface area contributed by atoms with Crippen LogP contribution in [0.25, 0.3) is 0 Å². The monoisotopic (exact) mass is 205 g/mol. The Morgan fingerprint density at radius 3 is 2.87 bits per heavy atom.